The molecule has 0 aliphatic rings. The molecule has 0 saturated heterocycles. The van der Waals surface area contributed by atoms with Crippen molar-refractivity contribution in [2.75, 3.05) is 5.73 Å². The van der Waals surface area contributed by atoms with Crippen LogP contribution in [0.25, 0.3) is 0 Å². The van der Waals surface area contributed by atoms with Crippen molar-refractivity contribution >= 4 is 21.6 Å². The van der Waals surface area contributed by atoms with E-state index in [-0.39, 0.29) is 0 Å². The molecule has 0 aliphatic carbocycles. The zero-order valence-corrected chi connectivity index (χ0v) is 5.59. The van der Waals surface area contributed by atoms with Gasteiger partial charge in [0.25, 0.3) is 0 Å². The van der Waals surface area contributed by atoms with Gasteiger partial charge in [0.05, 0.1) is 11.9 Å². The van der Waals surface area contributed by atoms with Crippen molar-refractivity contribution in [1.82, 2.24) is 10.2 Å². The molecule has 8 heavy (non-hydrogen) atoms. The van der Waals surface area contributed by atoms with Crippen LogP contribution in [0.1, 0.15) is 0 Å². The number of nitrogens with two attached hydrogens (primary N) is 1. The first-order valence-corrected chi connectivity index (χ1v) is 2.82. The van der Waals surface area contributed by atoms with E-state index in [1.165, 1.54) is 6.20 Å². The summed E-state index contributed by atoms with van der Waals surface area (Å²) in [5.41, 5.74) is 5.94. The largest absolute Gasteiger partial charge is 0.397 e. The number of rotatable bonds is 0. The van der Waals surface area contributed by atoms with E-state index < -0.39 is 0 Å². The van der Waals surface area contributed by atoms with E-state index in [1.54, 1.807) is 6.07 Å². The Labute approximate surface area is 55.0 Å². The fourth-order valence-corrected chi connectivity index (χ4v) is 0.710. The third-order valence-corrected chi connectivity index (χ3v) is 1.03. The summed E-state index contributed by atoms with van der Waals surface area (Å²) in [6, 6.07) is 1.69. The number of aromatic nitrogens is 2. The van der Waals surface area contributed by atoms with E-state index >= 15 is 0 Å². The zero-order chi connectivity index (χ0) is 5.98. The van der Waals surface area contributed by atoms with E-state index in [0.717, 1.165) is 0 Å². The molecule has 0 radical (unpaired) electrons. The molecule has 1 rings (SSSR count). The molecule has 1 heterocycles. The third-order valence-electron chi connectivity index (χ3n) is 0.646. The molecule has 1 aromatic rings. The fraction of sp³-hybridized carbons (Fsp3) is 0. The van der Waals surface area contributed by atoms with Crippen molar-refractivity contribution in [3.05, 3.63) is 16.9 Å². The minimum absolute atomic E-state index is 0.617. The lowest BCUT2D eigenvalue weighted by Gasteiger charge is -1.87. The molecular weight excluding hydrogens is 170 g/mol. The quantitative estimate of drug-likeness (QED) is 0.633. The number of hydrogen-bond acceptors (Lipinski definition) is 3. The van der Waals surface area contributed by atoms with Crippen LogP contribution in [0.4, 0.5) is 5.69 Å². The number of nitrogen functional groups attached to an aromatic ring is 1. The van der Waals surface area contributed by atoms with Crippen LogP contribution in [0.15, 0.2) is 16.9 Å². The standard InChI is InChI=1S/C4H4BrN3/c5-4-1-3(6)2-7-8-4/h1-2H,(H2,6,8). The van der Waals surface area contributed by atoms with E-state index in [4.69, 9.17) is 5.73 Å². The normalized spacial score (nSPS) is 9.12. The van der Waals surface area contributed by atoms with Gasteiger partial charge in [-0.15, -0.1) is 5.10 Å². The van der Waals surface area contributed by atoms with E-state index in [1.807, 2.05) is 0 Å². The summed E-state index contributed by atoms with van der Waals surface area (Å²) in [4.78, 5) is 0. The summed E-state index contributed by atoms with van der Waals surface area (Å²) < 4.78 is 0.664. The Kier molecular flexibility index (Phi) is 1.43. The summed E-state index contributed by atoms with van der Waals surface area (Å²) in [6.07, 6.45) is 1.49. The predicted molar refractivity (Wildman–Crippen MR) is 34.1 cm³/mol. The maximum absolute atomic E-state index is 5.33. The highest BCUT2D eigenvalue weighted by molar-refractivity contribution is 9.10. The molecular formula is C4H4BrN3. The summed E-state index contributed by atoms with van der Waals surface area (Å²) in [6.45, 7) is 0. The van der Waals surface area contributed by atoms with Crippen LogP contribution in [0.5, 0.6) is 0 Å². The second-order valence-corrected chi connectivity index (χ2v) is 2.12. The minimum Gasteiger partial charge on any atom is -0.397 e. The lowest BCUT2D eigenvalue weighted by molar-refractivity contribution is 1.01. The van der Waals surface area contributed by atoms with Crippen molar-refractivity contribution in [3.8, 4) is 0 Å². The van der Waals surface area contributed by atoms with Crippen LogP contribution in [0.2, 0.25) is 0 Å². The maximum atomic E-state index is 5.33. The van der Waals surface area contributed by atoms with E-state index in [0.29, 0.717) is 10.3 Å². The molecule has 2 N–H and O–H groups in total. The molecule has 0 spiro atoms. The highest BCUT2D eigenvalue weighted by atomic mass is 79.9. The van der Waals surface area contributed by atoms with E-state index in [9.17, 15) is 0 Å². The van der Waals surface area contributed by atoms with Gasteiger partial charge in [-0.25, -0.2) is 0 Å². The topological polar surface area (TPSA) is 51.8 Å². The van der Waals surface area contributed by atoms with Crippen LogP contribution in [0, 0.1) is 0 Å². The van der Waals surface area contributed by atoms with Crippen molar-refractivity contribution < 1.29 is 0 Å². The summed E-state index contributed by atoms with van der Waals surface area (Å²) >= 11 is 3.11. The number of nitrogens with zero attached hydrogens (tertiary/aromatic N) is 2. The molecule has 0 aliphatic heterocycles. The molecule has 42 valence electrons. The molecule has 1 aromatic heterocycles. The average Bonchev–Trinajstić information content (AvgIpc) is 1.64. The van der Waals surface area contributed by atoms with Gasteiger partial charge in [0.2, 0.25) is 0 Å². The molecule has 0 atom stereocenters. The maximum Gasteiger partial charge on any atom is 0.130 e. The van der Waals surface area contributed by atoms with Gasteiger partial charge in [0, 0.05) is 0 Å². The highest BCUT2D eigenvalue weighted by Crippen LogP contribution is 2.05. The Morgan fingerprint density at radius 3 is 2.75 bits per heavy atom. The van der Waals surface area contributed by atoms with Gasteiger partial charge in [0.15, 0.2) is 0 Å². The van der Waals surface area contributed by atoms with Gasteiger partial charge < -0.3 is 5.73 Å². The first kappa shape index (κ1) is 5.50. The lowest BCUT2D eigenvalue weighted by atomic mass is 10.5. The van der Waals surface area contributed by atoms with Gasteiger partial charge in [-0.3, -0.25) is 0 Å². The Bertz CT molecular complexity index is 171. The van der Waals surface area contributed by atoms with E-state index in [2.05, 4.69) is 26.1 Å². The molecule has 0 fully saturated rings. The molecule has 0 aromatic carbocycles. The number of anilines is 1. The van der Waals surface area contributed by atoms with Gasteiger partial charge in [-0.05, 0) is 22.0 Å². The van der Waals surface area contributed by atoms with Crippen LogP contribution in [0.3, 0.4) is 0 Å². The van der Waals surface area contributed by atoms with Gasteiger partial charge in [-0.2, -0.15) is 5.10 Å². The van der Waals surface area contributed by atoms with Gasteiger partial charge >= 0.3 is 0 Å². The summed E-state index contributed by atoms with van der Waals surface area (Å²) in [7, 11) is 0. The number of hydrogen-bond donors (Lipinski definition) is 1. The molecule has 0 unspecified atom stereocenters. The van der Waals surface area contributed by atoms with Crippen molar-refractivity contribution in [1.29, 1.82) is 0 Å². The van der Waals surface area contributed by atoms with Crippen LogP contribution >= 0.6 is 15.9 Å². The molecule has 3 nitrogen and oxygen atoms in total. The Morgan fingerprint density at radius 1 is 1.62 bits per heavy atom. The second-order valence-electron chi connectivity index (χ2n) is 1.31. The summed E-state index contributed by atoms with van der Waals surface area (Å²) in [5.74, 6) is 0. The van der Waals surface area contributed by atoms with Crippen molar-refractivity contribution in [2.24, 2.45) is 0 Å². The van der Waals surface area contributed by atoms with Crippen LogP contribution in [-0.2, 0) is 0 Å². The number of halogens is 1. The van der Waals surface area contributed by atoms with Gasteiger partial charge in [-0.1, -0.05) is 0 Å². The van der Waals surface area contributed by atoms with Gasteiger partial charge in [0.1, 0.15) is 4.60 Å². The first-order valence-electron chi connectivity index (χ1n) is 2.03. The predicted octanol–water partition coefficient (Wildman–Crippen LogP) is 0.821. The zero-order valence-electron chi connectivity index (χ0n) is 4.00. The molecule has 0 bridgehead atoms. The minimum atomic E-state index is 0.617. The lowest BCUT2D eigenvalue weighted by Crippen LogP contribution is -1.87. The summed E-state index contributed by atoms with van der Waals surface area (Å²) in [5, 5.41) is 7.19. The third kappa shape index (κ3) is 1.16. The van der Waals surface area contributed by atoms with Crippen LogP contribution < -0.4 is 5.73 Å². The Balaban J connectivity index is 3.08. The van der Waals surface area contributed by atoms with Crippen LogP contribution in [-0.4, -0.2) is 10.2 Å². The molecule has 0 saturated carbocycles. The monoisotopic (exact) mass is 173 g/mol. The fourth-order valence-electron chi connectivity index (χ4n) is 0.354. The SMILES string of the molecule is Nc1cnnc(Br)c1. The molecule has 0 amide bonds. The smallest absolute Gasteiger partial charge is 0.130 e. The second kappa shape index (κ2) is 2.09. The van der Waals surface area contributed by atoms with Crippen molar-refractivity contribution in [2.45, 2.75) is 0 Å². The molecule has 4 heteroatoms. The van der Waals surface area contributed by atoms with Crippen molar-refractivity contribution in [3.63, 3.8) is 0 Å². The highest BCUT2D eigenvalue weighted by Gasteiger charge is 1.86. The Morgan fingerprint density at radius 2 is 2.38 bits per heavy atom. The first-order chi connectivity index (χ1) is 3.79. The average molecular weight is 174 g/mol. The Hall–Kier alpha value is -0.640.